The molecule has 1 atom stereocenters. The molecule has 6 nitrogen and oxygen atoms in total. The van der Waals surface area contributed by atoms with Crippen molar-refractivity contribution in [1.29, 1.82) is 0 Å². The number of pyridine rings is 1. The van der Waals surface area contributed by atoms with Gasteiger partial charge in [0.25, 0.3) is 5.71 Å². The first-order valence-electron chi connectivity index (χ1n) is 5.33. The minimum Gasteiger partial charge on any atom is -0.336 e. The van der Waals surface area contributed by atoms with Gasteiger partial charge in [0.15, 0.2) is 0 Å². The van der Waals surface area contributed by atoms with Crippen LogP contribution in [0.1, 0.15) is 19.0 Å². The number of anilines is 1. The molecule has 3 N–H and O–H groups in total. The van der Waals surface area contributed by atoms with Gasteiger partial charge in [0.05, 0.1) is 23.0 Å². The van der Waals surface area contributed by atoms with E-state index in [9.17, 15) is 4.79 Å². The molecule has 0 radical (unpaired) electrons. The zero-order chi connectivity index (χ0) is 12.4. The van der Waals surface area contributed by atoms with E-state index < -0.39 is 0 Å². The lowest BCUT2D eigenvalue weighted by molar-refractivity contribution is -0.116. The number of nitrogens with zero attached hydrogens (tertiary/aromatic N) is 2. The standard InChI is InChI=1S/C11H14N4O2.2ClH/c1-6(12)3-10(16)14-8-4-9-7(2)15-17-11(9)13-5-8;;/h4-6H,3,12H2,1-2H3,(H,14,16);2*1H. The molecule has 0 fully saturated rings. The SMILES string of the molecule is Cc1noc2ncc(NC(=O)CC(C)N)cc12.Cl.Cl. The van der Waals surface area contributed by atoms with Crippen LogP contribution < -0.4 is 11.1 Å². The summed E-state index contributed by atoms with van der Waals surface area (Å²) < 4.78 is 4.98. The number of rotatable bonds is 3. The third kappa shape index (κ3) is 4.34. The molecule has 0 aliphatic heterocycles. The molecule has 0 aromatic carbocycles. The molecule has 0 spiro atoms. The van der Waals surface area contributed by atoms with Crippen LogP contribution in [0.3, 0.4) is 0 Å². The molecule has 1 unspecified atom stereocenters. The van der Waals surface area contributed by atoms with Gasteiger partial charge in [-0.3, -0.25) is 4.79 Å². The van der Waals surface area contributed by atoms with Gasteiger partial charge < -0.3 is 15.6 Å². The van der Waals surface area contributed by atoms with Crippen LogP contribution in [0.5, 0.6) is 0 Å². The lowest BCUT2D eigenvalue weighted by Gasteiger charge is -2.06. The Hall–Kier alpha value is -1.37. The number of carbonyl (C=O) groups is 1. The highest BCUT2D eigenvalue weighted by Gasteiger charge is 2.09. The Morgan fingerprint density at radius 2 is 2.21 bits per heavy atom. The minimum atomic E-state index is -0.163. The Kier molecular flexibility index (Phi) is 6.75. The van der Waals surface area contributed by atoms with Crippen LogP contribution in [-0.2, 0) is 4.79 Å². The molecule has 19 heavy (non-hydrogen) atoms. The zero-order valence-electron chi connectivity index (χ0n) is 10.5. The quantitative estimate of drug-likeness (QED) is 0.905. The second kappa shape index (κ2) is 7.28. The lowest BCUT2D eigenvalue weighted by Crippen LogP contribution is -2.23. The highest BCUT2D eigenvalue weighted by molar-refractivity contribution is 5.93. The minimum absolute atomic E-state index is 0. The van der Waals surface area contributed by atoms with Crippen molar-refractivity contribution in [2.45, 2.75) is 26.3 Å². The fourth-order valence-corrected chi connectivity index (χ4v) is 1.52. The van der Waals surface area contributed by atoms with Gasteiger partial charge in [0.2, 0.25) is 5.91 Å². The molecule has 0 bridgehead atoms. The van der Waals surface area contributed by atoms with E-state index in [4.69, 9.17) is 10.3 Å². The second-order valence-corrected chi connectivity index (χ2v) is 4.07. The summed E-state index contributed by atoms with van der Waals surface area (Å²) in [7, 11) is 0. The first kappa shape index (κ1) is 17.6. The number of hydrogen-bond donors (Lipinski definition) is 2. The monoisotopic (exact) mass is 306 g/mol. The largest absolute Gasteiger partial charge is 0.336 e. The molecule has 2 rings (SSSR count). The van der Waals surface area contributed by atoms with E-state index in [0.717, 1.165) is 11.1 Å². The van der Waals surface area contributed by atoms with Gasteiger partial charge in [-0.15, -0.1) is 24.8 Å². The van der Waals surface area contributed by atoms with Gasteiger partial charge in [-0.1, -0.05) is 5.16 Å². The number of amides is 1. The molecule has 0 aliphatic carbocycles. The molecule has 2 aromatic rings. The van der Waals surface area contributed by atoms with Gasteiger partial charge in [-0.25, -0.2) is 4.98 Å². The smallest absolute Gasteiger partial charge is 0.258 e. The van der Waals surface area contributed by atoms with Crippen molar-refractivity contribution in [3.8, 4) is 0 Å². The summed E-state index contributed by atoms with van der Waals surface area (Å²) >= 11 is 0. The van der Waals surface area contributed by atoms with Crippen molar-refractivity contribution in [3.63, 3.8) is 0 Å². The fraction of sp³-hybridized carbons (Fsp3) is 0.364. The number of halogens is 2. The highest BCUT2D eigenvalue weighted by Crippen LogP contribution is 2.19. The number of hydrogen-bond acceptors (Lipinski definition) is 5. The van der Waals surface area contributed by atoms with E-state index in [1.165, 1.54) is 6.20 Å². The Morgan fingerprint density at radius 1 is 1.53 bits per heavy atom. The predicted molar refractivity (Wildman–Crippen MR) is 77.9 cm³/mol. The van der Waals surface area contributed by atoms with Gasteiger partial charge in [-0.05, 0) is 19.9 Å². The number of nitrogens with two attached hydrogens (primary N) is 1. The molecule has 0 aliphatic rings. The summed E-state index contributed by atoms with van der Waals surface area (Å²) in [5.74, 6) is -0.129. The van der Waals surface area contributed by atoms with Gasteiger partial charge in [-0.2, -0.15) is 0 Å². The molecule has 8 heteroatoms. The van der Waals surface area contributed by atoms with Crippen LogP contribution in [-0.4, -0.2) is 22.1 Å². The third-order valence-corrected chi connectivity index (χ3v) is 2.30. The van der Waals surface area contributed by atoms with E-state index in [1.807, 2.05) is 6.92 Å². The van der Waals surface area contributed by atoms with Crippen LogP contribution in [0.4, 0.5) is 5.69 Å². The predicted octanol–water partition coefficient (Wildman–Crippen LogP) is 2.05. The van der Waals surface area contributed by atoms with Gasteiger partial charge >= 0.3 is 0 Å². The molecular weight excluding hydrogens is 291 g/mol. The fourth-order valence-electron chi connectivity index (χ4n) is 1.52. The Bertz CT molecular complexity index is 557. The van der Waals surface area contributed by atoms with E-state index in [2.05, 4.69) is 15.5 Å². The summed E-state index contributed by atoms with van der Waals surface area (Å²) in [5, 5.41) is 7.32. The maximum Gasteiger partial charge on any atom is 0.258 e. The van der Waals surface area contributed by atoms with Crippen molar-refractivity contribution in [1.82, 2.24) is 10.1 Å². The number of nitrogens with one attached hydrogen (secondary N) is 1. The van der Waals surface area contributed by atoms with Gasteiger partial charge in [0, 0.05) is 12.5 Å². The summed E-state index contributed by atoms with van der Waals surface area (Å²) in [6.07, 6.45) is 1.81. The van der Waals surface area contributed by atoms with Crippen LogP contribution in [0, 0.1) is 6.92 Å². The topological polar surface area (TPSA) is 94.0 Å². The van der Waals surface area contributed by atoms with Crippen LogP contribution >= 0.6 is 24.8 Å². The van der Waals surface area contributed by atoms with E-state index in [0.29, 0.717) is 11.4 Å². The van der Waals surface area contributed by atoms with E-state index in [-0.39, 0.29) is 43.2 Å². The molecule has 106 valence electrons. The summed E-state index contributed by atoms with van der Waals surface area (Å²) in [6, 6.07) is 1.62. The number of aryl methyl sites for hydroxylation is 1. The first-order chi connectivity index (χ1) is 8.06. The van der Waals surface area contributed by atoms with Gasteiger partial charge in [0.1, 0.15) is 0 Å². The van der Waals surface area contributed by atoms with Crippen LogP contribution in [0.2, 0.25) is 0 Å². The average Bonchev–Trinajstić information content (AvgIpc) is 2.59. The van der Waals surface area contributed by atoms with Crippen molar-refractivity contribution >= 4 is 47.5 Å². The summed E-state index contributed by atoms with van der Waals surface area (Å²) in [6.45, 7) is 3.60. The Morgan fingerprint density at radius 3 is 2.84 bits per heavy atom. The van der Waals surface area contributed by atoms with Crippen molar-refractivity contribution < 1.29 is 9.32 Å². The first-order valence-corrected chi connectivity index (χ1v) is 5.33. The molecule has 1 amide bonds. The summed E-state index contributed by atoms with van der Waals surface area (Å²) in [5.41, 5.74) is 7.38. The van der Waals surface area contributed by atoms with Crippen molar-refractivity contribution in [2.75, 3.05) is 5.32 Å². The van der Waals surface area contributed by atoms with Crippen LogP contribution in [0.25, 0.3) is 11.1 Å². The van der Waals surface area contributed by atoms with Crippen molar-refractivity contribution in [3.05, 3.63) is 18.0 Å². The third-order valence-electron chi connectivity index (χ3n) is 2.30. The number of fused-ring (bicyclic) bond motifs is 1. The Balaban J connectivity index is 0.00000162. The maximum absolute atomic E-state index is 11.5. The zero-order valence-corrected chi connectivity index (χ0v) is 12.2. The molecular formula is C11H16Cl2N4O2. The Labute approximate surface area is 122 Å². The van der Waals surface area contributed by atoms with E-state index >= 15 is 0 Å². The maximum atomic E-state index is 11.5. The molecule has 0 saturated heterocycles. The normalized spacial score (nSPS) is 11.3. The van der Waals surface area contributed by atoms with Crippen LogP contribution in [0.15, 0.2) is 16.8 Å². The summed E-state index contributed by atoms with van der Waals surface area (Å²) in [4.78, 5) is 15.6. The van der Waals surface area contributed by atoms with Crippen molar-refractivity contribution in [2.24, 2.45) is 5.73 Å². The average molecular weight is 307 g/mol. The highest BCUT2D eigenvalue weighted by atomic mass is 35.5. The second-order valence-electron chi connectivity index (χ2n) is 4.07. The molecule has 0 saturated carbocycles. The number of carbonyl (C=O) groups excluding carboxylic acids is 1. The number of aromatic nitrogens is 2. The molecule has 2 aromatic heterocycles. The lowest BCUT2D eigenvalue weighted by atomic mass is 10.2. The van der Waals surface area contributed by atoms with E-state index in [1.54, 1.807) is 13.0 Å². The molecule has 2 heterocycles.